The topological polar surface area (TPSA) is 42.2 Å². The van der Waals surface area contributed by atoms with Crippen molar-refractivity contribution in [3.05, 3.63) is 48.7 Å². The first kappa shape index (κ1) is 8.97. The lowest BCUT2D eigenvalue weighted by Gasteiger charge is -2.06. The highest BCUT2D eigenvalue weighted by Crippen LogP contribution is 2.23. The van der Waals surface area contributed by atoms with Crippen molar-refractivity contribution in [2.45, 2.75) is 0 Å². The molecule has 3 heteroatoms. The van der Waals surface area contributed by atoms with E-state index in [-0.39, 0.29) is 0 Å². The van der Waals surface area contributed by atoms with Gasteiger partial charge < -0.3 is 5.11 Å². The van der Waals surface area contributed by atoms with Crippen LogP contribution in [0.15, 0.2) is 48.7 Å². The van der Waals surface area contributed by atoms with Crippen LogP contribution in [0.2, 0.25) is 0 Å². The molecule has 1 heterocycles. The first-order valence-electron chi connectivity index (χ1n) is 4.99. The van der Waals surface area contributed by atoms with Gasteiger partial charge in [-0.3, -0.25) is 4.57 Å². The van der Waals surface area contributed by atoms with Crippen LogP contribution in [0.3, 0.4) is 0 Å². The monoisotopic (exact) mass is 211 g/mol. The number of carboxylic acid groups (broad SMARTS) is 1. The molecule has 78 valence electrons. The van der Waals surface area contributed by atoms with E-state index in [4.69, 9.17) is 5.11 Å². The van der Waals surface area contributed by atoms with Crippen molar-refractivity contribution in [1.29, 1.82) is 0 Å². The van der Waals surface area contributed by atoms with Crippen molar-refractivity contribution < 1.29 is 9.90 Å². The molecule has 2 aromatic carbocycles. The third kappa shape index (κ3) is 1.18. The fourth-order valence-electron chi connectivity index (χ4n) is 2.00. The van der Waals surface area contributed by atoms with E-state index in [1.165, 1.54) is 4.57 Å². The molecule has 0 unspecified atom stereocenters. The van der Waals surface area contributed by atoms with E-state index in [1.54, 1.807) is 12.3 Å². The maximum Gasteiger partial charge on any atom is 0.415 e. The number of fused-ring (bicyclic) bond motifs is 2. The lowest BCUT2D eigenvalue weighted by atomic mass is 10.1. The molecule has 3 nitrogen and oxygen atoms in total. The van der Waals surface area contributed by atoms with Crippen molar-refractivity contribution >= 4 is 27.8 Å². The second-order valence-electron chi connectivity index (χ2n) is 3.73. The Bertz CT molecular complexity index is 697. The Hall–Kier alpha value is -2.29. The Labute approximate surface area is 91.5 Å². The number of hydrogen-bond acceptors (Lipinski definition) is 1. The third-order valence-electron chi connectivity index (χ3n) is 2.76. The first-order chi connectivity index (χ1) is 7.75. The van der Waals surface area contributed by atoms with Crippen molar-refractivity contribution in [3.8, 4) is 0 Å². The molecular formula is C13H9NO2. The number of carbonyl (C=O) groups is 1. The molecule has 0 amide bonds. The molecule has 0 aliphatic rings. The molecule has 1 aromatic heterocycles. The maximum atomic E-state index is 11.1. The summed E-state index contributed by atoms with van der Waals surface area (Å²) in [5.74, 6) is 0. The minimum Gasteiger partial charge on any atom is -0.464 e. The number of hydrogen-bond donors (Lipinski definition) is 1. The highest BCUT2D eigenvalue weighted by Gasteiger charge is 2.05. The van der Waals surface area contributed by atoms with Gasteiger partial charge >= 0.3 is 6.09 Å². The van der Waals surface area contributed by atoms with Crippen LogP contribution in [-0.2, 0) is 0 Å². The quantitative estimate of drug-likeness (QED) is 0.619. The number of aromatic nitrogens is 1. The van der Waals surface area contributed by atoms with Crippen LogP contribution in [0.1, 0.15) is 0 Å². The largest absolute Gasteiger partial charge is 0.464 e. The molecule has 16 heavy (non-hydrogen) atoms. The molecule has 1 N–H and O–H groups in total. The molecule has 0 fully saturated rings. The van der Waals surface area contributed by atoms with Crippen molar-refractivity contribution in [1.82, 2.24) is 4.57 Å². The zero-order valence-electron chi connectivity index (χ0n) is 8.42. The highest BCUT2D eigenvalue weighted by atomic mass is 16.4. The van der Waals surface area contributed by atoms with E-state index >= 15 is 0 Å². The summed E-state index contributed by atoms with van der Waals surface area (Å²) in [4.78, 5) is 11.1. The van der Waals surface area contributed by atoms with E-state index in [0.717, 1.165) is 16.2 Å². The number of rotatable bonds is 0. The average Bonchev–Trinajstić information content (AvgIpc) is 2.71. The van der Waals surface area contributed by atoms with E-state index in [0.29, 0.717) is 5.52 Å². The minimum atomic E-state index is -0.962. The Morgan fingerprint density at radius 1 is 1.00 bits per heavy atom. The van der Waals surface area contributed by atoms with Crippen LogP contribution >= 0.6 is 0 Å². The summed E-state index contributed by atoms with van der Waals surface area (Å²) in [5, 5.41) is 12.2. The van der Waals surface area contributed by atoms with Gasteiger partial charge in [-0.05, 0) is 34.4 Å². The lowest BCUT2D eigenvalue weighted by Crippen LogP contribution is -2.08. The van der Waals surface area contributed by atoms with Crippen molar-refractivity contribution in [2.24, 2.45) is 0 Å². The summed E-state index contributed by atoms with van der Waals surface area (Å²) in [6.07, 6.45) is 0.593. The molecule has 0 spiro atoms. The van der Waals surface area contributed by atoms with Gasteiger partial charge in [0.25, 0.3) is 0 Å². The van der Waals surface area contributed by atoms with Gasteiger partial charge in [-0.15, -0.1) is 0 Å². The number of nitrogens with zero attached hydrogens (tertiary/aromatic N) is 1. The summed E-state index contributed by atoms with van der Waals surface area (Å²) in [6.45, 7) is 0. The molecule has 0 radical (unpaired) electrons. The lowest BCUT2D eigenvalue weighted by molar-refractivity contribution is 0.197. The van der Waals surface area contributed by atoms with Gasteiger partial charge in [0.05, 0.1) is 5.52 Å². The Morgan fingerprint density at radius 2 is 1.69 bits per heavy atom. The number of benzene rings is 1. The van der Waals surface area contributed by atoms with Crippen LogP contribution in [-0.4, -0.2) is 15.8 Å². The van der Waals surface area contributed by atoms with Gasteiger partial charge in [-0.2, -0.15) is 0 Å². The summed E-state index contributed by atoms with van der Waals surface area (Å²) in [5.41, 5.74) is 0.716. The third-order valence-corrected chi connectivity index (χ3v) is 2.76. The second-order valence-corrected chi connectivity index (χ2v) is 3.73. The Balaban J connectivity index is 2.49. The van der Waals surface area contributed by atoms with Gasteiger partial charge in [0.2, 0.25) is 0 Å². The molecule has 3 aromatic rings. The van der Waals surface area contributed by atoms with Crippen LogP contribution in [0, 0.1) is 0 Å². The van der Waals surface area contributed by atoms with E-state index in [2.05, 4.69) is 0 Å². The van der Waals surface area contributed by atoms with Gasteiger partial charge in [0, 0.05) is 6.20 Å². The van der Waals surface area contributed by atoms with Crippen LogP contribution in [0.5, 0.6) is 0 Å². The van der Waals surface area contributed by atoms with E-state index < -0.39 is 6.09 Å². The van der Waals surface area contributed by atoms with Gasteiger partial charge in [-0.25, -0.2) is 4.79 Å². The SMILES string of the molecule is O=C(O)n1cccc2cc3cccc3cc21. The summed E-state index contributed by atoms with van der Waals surface area (Å²) in [7, 11) is 0. The van der Waals surface area contributed by atoms with Gasteiger partial charge in [-0.1, -0.05) is 24.3 Å². The van der Waals surface area contributed by atoms with Gasteiger partial charge in [0.1, 0.15) is 0 Å². The molecule has 3 rings (SSSR count). The maximum absolute atomic E-state index is 11.1. The minimum absolute atomic E-state index is 0.716. The second kappa shape index (κ2) is 3.10. The fraction of sp³-hybridized carbons (Fsp3) is 0. The smallest absolute Gasteiger partial charge is 0.415 e. The predicted octanol–water partition coefficient (Wildman–Crippen LogP) is 3.32. The molecular weight excluding hydrogens is 202 g/mol. The van der Waals surface area contributed by atoms with Crippen LogP contribution in [0.25, 0.3) is 21.7 Å². The van der Waals surface area contributed by atoms with Crippen LogP contribution < -0.4 is 0 Å². The normalized spacial score (nSPS) is 11.0. The summed E-state index contributed by atoms with van der Waals surface area (Å²) >= 11 is 0. The van der Waals surface area contributed by atoms with Crippen LogP contribution in [0.4, 0.5) is 4.79 Å². The Kier molecular flexibility index (Phi) is 1.74. The average molecular weight is 211 g/mol. The summed E-state index contributed by atoms with van der Waals surface area (Å²) < 4.78 is 1.24. The zero-order valence-corrected chi connectivity index (χ0v) is 8.42. The number of pyridine rings is 1. The van der Waals surface area contributed by atoms with E-state index in [1.807, 2.05) is 36.4 Å². The van der Waals surface area contributed by atoms with Crippen molar-refractivity contribution in [3.63, 3.8) is 0 Å². The molecule has 0 aliphatic heterocycles. The first-order valence-corrected chi connectivity index (χ1v) is 4.99. The molecule has 0 aliphatic carbocycles. The molecule has 0 bridgehead atoms. The Morgan fingerprint density at radius 3 is 2.44 bits per heavy atom. The molecule has 0 saturated carbocycles. The van der Waals surface area contributed by atoms with Gasteiger partial charge in [0.15, 0.2) is 0 Å². The standard InChI is InChI=1S/C13H9NO2/c15-13(16)14-6-2-5-11-7-9-3-1-4-10(9)8-12(11)14/h1-8H,(H,15,16). The molecule has 0 saturated heterocycles. The zero-order chi connectivity index (χ0) is 11.1. The molecule has 0 atom stereocenters. The van der Waals surface area contributed by atoms with E-state index in [9.17, 15) is 4.79 Å². The van der Waals surface area contributed by atoms with Crippen molar-refractivity contribution in [2.75, 3.05) is 0 Å². The predicted molar refractivity (Wildman–Crippen MR) is 62.9 cm³/mol. The highest BCUT2D eigenvalue weighted by molar-refractivity contribution is 5.99. The summed E-state index contributed by atoms with van der Waals surface area (Å²) in [6, 6.07) is 13.5. The fourth-order valence-corrected chi connectivity index (χ4v) is 2.00.